The topological polar surface area (TPSA) is 29.5 Å². The highest BCUT2D eigenvalue weighted by Gasteiger charge is 2.18. The van der Waals surface area contributed by atoms with E-state index >= 15 is 0 Å². The van der Waals surface area contributed by atoms with Gasteiger partial charge in [0.15, 0.2) is 0 Å². The number of ether oxygens (including phenoxy) is 1. The van der Waals surface area contributed by atoms with Crippen LogP contribution < -0.4 is 4.74 Å². The van der Waals surface area contributed by atoms with Crippen molar-refractivity contribution in [1.29, 1.82) is 0 Å². The summed E-state index contributed by atoms with van der Waals surface area (Å²) in [5.41, 5.74) is 0.999. The maximum absolute atomic E-state index is 10.4. The van der Waals surface area contributed by atoms with E-state index in [1.54, 1.807) is 0 Å². The van der Waals surface area contributed by atoms with Crippen molar-refractivity contribution < 1.29 is 9.84 Å². The predicted molar refractivity (Wildman–Crippen MR) is 78.4 cm³/mol. The van der Waals surface area contributed by atoms with E-state index in [-0.39, 0.29) is 6.10 Å². The lowest BCUT2D eigenvalue weighted by Gasteiger charge is -2.24. The molecule has 1 aliphatic rings. The lowest BCUT2D eigenvalue weighted by molar-refractivity contribution is 0.131. The van der Waals surface area contributed by atoms with E-state index in [0.29, 0.717) is 5.92 Å². The van der Waals surface area contributed by atoms with Gasteiger partial charge in [-0.15, -0.1) is 0 Å². The number of aliphatic hydroxyl groups excluding tert-OH is 1. The molecule has 0 amide bonds. The Hall–Kier alpha value is -1.02. The van der Waals surface area contributed by atoms with Crippen molar-refractivity contribution in [2.24, 2.45) is 5.92 Å². The van der Waals surface area contributed by atoms with E-state index < -0.39 is 0 Å². The summed E-state index contributed by atoms with van der Waals surface area (Å²) in [5.74, 6) is 1.58. The molecule has 1 unspecified atom stereocenters. The van der Waals surface area contributed by atoms with E-state index in [4.69, 9.17) is 4.74 Å². The first-order valence-corrected chi connectivity index (χ1v) is 7.70. The predicted octanol–water partition coefficient (Wildman–Crippen LogP) is 4.48. The molecule has 1 aromatic rings. The molecular formula is C17H26O2. The summed E-state index contributed by atoms with van der Waals surface area (Å²) in [7, 11) is 0. The third-order valence-corrected chi connectivity index (χ3v) is 4.00. The fraction of sp³-hybridized carbons (Fsp3) is 0.647. The van der Waals surface area contributed by atoms with Crippen molar-refractivity contribution in [3.05, 3.63) is 29.8 Å². The number of aliphatic hydroxyl groups is 1. The van der Waals surface area contributed by atoms with Crippen LogP contribution in [0.1, 0.15) is 63.5 Å². The average Bonchev–Trinajstić information content (AvgIpc) is 2.46. The monoisotopic (exact) mass is 262 g/mol. The Morgan fingerprint density at radius 3 is 2.79 bits per heavy atom. The summed E-state index contributed by atoms with van der Waals surface area (Å²) < 4.78 is 5.62. The maximum Gasteiger partial charge on any atom is 0.119 e. The van der Waals surface area contributed by atoms with Gasteiger partial charge < -0.3 is 9.84 Å². The molecule has 0 radical (unpaired) electrons. The van der Waals surface area contributed by atoms with E-state index in [2.05, 4.69) is 6.92 Å². The Bertz CT molecular complexity index is 369. The first-order chi connectivity index (χ1) is 9.29. The molecule has 2 nitrogen and oxygen atoms in total. The third-order valence-electron chi connectivity index (χ3n) is 4.00. The summed E-state index contributed by atoms with van der Waals surface area (Å²) in [6.07, 6.45) is 8.16. The van der Waals surface area contributed by atoms with Gasteiger partial charge in [-0.1, -0.05) is 51.2 Å². The van der Waals surface area contributed by atoms with Gasteiger partial charge in [-0.3, -0.25) is 0 Å². The highest BCUT2D eigenvalue weighted by Crippen LogP contribution is 2.32. The Kier molecular flexibility index (Phi) is 5.71. The van der Waals surface area contributed by atoms with Gasteiger partial charge in [0.05, 0.1) is 12.7 Å². The smallest absolute Gasteiger partial charge is 0.119 e. The zero-order chi connectivity index (χ0) is 13.5. The highest BCUT2D eigenvalue weighted by molar-refractivity contribution is 5.29. The van der Waals surface area contributed by atoms with Crippen LogP contribution in [0.25, 0.3) is 0 Å². The molecule has 2 heteroatoms. The van der Waals surface area contributed by atoms with Crippen LogP contribution in [0.15, 0.2) is 24.3 Å². The average molecular weight is 262 g/mol. The molecule has 0 bridgehead atoms. The summed E-state index contributed by atoms with van der Waals surface area (Å²) in [6, 6.07) is 7.94. The van der Waals surface area contributed by atoms with Crippen LogP contribution in [-0.2, 0) is 0 Å². The summed E-state index contributed by atoms with van der Waals surface area (Å²) in [4.78, 5) is 0. The molecule has 1 fully saturated rings. The minimum Gasteiger partial charge on any atom is -0.494 e. The van der Waals surface area contributed by atoms with E-state index in [0.717, 1.165) is 30.8 Å². The van der Waals surface area contributed by atoms with Crippen LogP contribution in [0.4, 0.5) is 0 Å². The van der Waals surface area contributed by atoms with Crippen LogP contribution in [0, 0.1) is 5.92 Å². The van der Waals surface area contributed by atoms with Gasteiger partial charge in [-0.05, 0) is 36.5 Å². The van der Waals surface area contributed by atoms with Gasteiger partial charge in [-0.2, -0.15) is 0 Å². The second-order valence-corrected chi connectivity index (χ2v) is 5.68. The number of hydrogen-bond donors (Lipinski definition) is 1. The molecule has 0 aliphatic heterocycles. The molecule has 0 spiro atoms. The lowest BCUT2D eigenvalue weighted by Crippen LogP contribution is -2.11. The van der Waals surface area contributed by atoms with Gasteiger partial charge in [0, 0.05) is 0 Å². The SMILES string of the molecule is CCCOc1cccc(C(O)CC2CCCCC2)c1. The van der Waals surface area contributed by atoms with Crippen LogP contribution in [0.2, 0.25) is 0 Å². The van der Waals surface area contributed by atoms with Crippen molar-refractivity contribution in [2.75, 3.05) is 6.61 Å². The fourth-order valence-electron chi connectivity index (χ4n) is 2.91. The van der Waals surface area contributed by atoms with Gasteiger partial charge in [-0.25, -0.2) is 0 Å². The summed E-state index contributed by atoms with van der Waals surface area (Å²) >= 11 is 0. The molecule has 0 aromatic heterocycles. The molecule has 1 aromatic carbocycles. The first kappa shape index (κ1) is 14.4. The number of rotatable bonds is 6. The molecular weight excluding hydrogens is 236 g/mol. The van der Waals surface area contributed by atoms with Crippen molar-refractivity contribution in [3.63, 3.8) is 0 Å². The number of hydrogen-bond acceptors (Lipinski definition) is 2. The molecule has 19 heavy (non-hydrogen) atoms. The largest absolute Gasteiger partial charge is 0.494 e. The maximum atomic E-state index is 10.4. The molecule has 0 saturated heterocycles. The van der Waals surface area contributed by atoms with Gasteiger partial charge in [0.1, 0.15) is 5.75 Å². The Balaban J connectivity index is 1.91. The van der Waals surface area contributed by atoms with E-state index in [1.165, 1.54) is 32.1 Å². The Morgan fingerprint density at radius 2 is 2.05 bits per heavy atom. The minimum atomic E-state index is -0.340. The zero-order valence-corrected chi connectivity index (χ0v) is 12.0. The second-order valence-electron chi connectivity index (χ2n) is 5.68. The van der Waals surface area contributed by atoms with Gasteiger partial charge in [0.2, 0.25) is 0 Å². The standard InChI is InChI=1S/C17H26O2/c1-2-11-19-16-10-6-9-15(13-16)17(18)12-14-7-4-3-5-8-14/h6,9-10,13-14,17-18H,2-5,7-8,11-12H2,1H3. The summed E-state index contributed by atoms with van der Waals surface area (Å²) in [5, 5.41) is 10.4. The second kappa shape index (κ2) is 7.54. The van der Waals surface area contributed by atoms with Gasteiger partial charge in [0.25, 0.3) is 0 Å². The van der Waals surface area contributed by atoms with E-state index in [1.807, 2.05) is 24.3 Å². The van der Waals surface area contributed by atoms with Crippen LogP contribution >= 0.6 is 0 Å². The zero-order valence-electron chi connectivity index (χ0n) is 12.0. The minimum absolute atomic E-state index is 0.340. The fourth-order valence-corrected chi connectivity index (χ4v) is 2.91. The van der Waals surface area contributed by atoms with Gasteiger partial charge >= 0.3 is 0 Å². The lowest BCUT2D eigenvalue weighted by atomic mass is 9.84. The molecule has 1 aliphatic carbocycles. The molecule has 1 atom stereocenters. The van der Waals surface area contributed by atoms with Crippen LogP contribution in [0.5, 0.6) is 5.75 Å². The molecule has 0 heterocycles. The van der Waals surface area contributed by atoms with Crippen LogP contribution in [0.3, 0.4) is 0 Å². The molecule has 106 valence electrons. The van der Waals surface area contributed by atoms with Crippen molar-refractivity contribution in [1.82, 2.24) is 0 Å². The highest BCUT2D eigenvalue weighted by atomic mass is 16.5. The van der Waals surface area contributed by atoms with Crippen molar-refractivity contribution in [3.8, 4) is 5.75 Å². The van der Waals surface area contributed by atoms with E-state index in [9.17, 15) is 5.11 Å². The normalized spacial score (nSPS) is 18.2. The Morgan fingerprint density at radius 1 is 1.26 bits per heavy atom. The quantitative estimate of drug-likeness (QED) is 0.819. The Labute approximate surface area is 116 Å². The molecule has 1 saturated carbocycles. The van der Waals surface area contributed by atoms with Crippen molar-refractivity contribution >= 4 is 0 Å². The summed E-state index contributed by atoms with van der Waals surface area (Å²) in [6.45, 7) is 2.84. The molecule has 2 rings (SSSR count). The first-order valence-electron chi connectivity index (χ1n) is 7.70. The third kappa shape index (κ3) is 4.54. The number of benzene rings is 1. The van der Waals surface area contributed by atoms with Crippen molar-refractivity contribution in [2.45, 2.75) is 58.0 Å². The van der Waals surface area contributed by atoms with Crippen LogP contribution in [-0.4, -0.2) is 11.7 Å². The molecule has 1 N–H and O–H groups in total.